The van der Waals surface area contributed by atoms with E-state index in [4.69, 9.17) is 14.2 Å². The Labute approximate surface area is 157 Å². The second-order valence-corrected chi connectivity index (χ2v) is 6.55. The number of allylic oxidation sites excluding steroid dienone is 2. The number of fused-ring (bicyclic) bond motifs is 1. The van der Waals surface area contributed by atoms with Crippen molar-refractivity contribution < 1.29 is 28.6 Å². The number of nitrogens with zero attached hydrogens (tertiary/aromatic N) is 1. The maximum Gasteiger partial charge on any atom is 0.307 e. The first kappa shape index (κ1) is 18.9. The van der Waals surface area contributed by atoms with E-state index in [2.05, 4.69) is 0 Å². The van der Waals surface area contributed by atoms with Crippen molar-refractivity contribution >= 4 is 17.8 Å². The lowest BCUT2D eigenvalue weighted by Gasteiger charge is -2.15. The number of rotatable bonds is 7. The number of hydrogen-bond donors (Lipinski definition) is 0. The third-order valence-corrected chi connectivity index (χ3v) is 5.01. The molecule has 2 aliphatic rings. The Kier molecular flexibility index (Phi) is 5.78. The largest absolute Gasteiger partial charge is 0.493 e. The fourth-order valence-electron chi connectivity index (χ4n) is 3.59. The average Bonchev–Trinajstić information content (AvgIpc) is 2.94. The minimum absolute atomic E-state index is 0.0241. The molecule has 27 heavy (non-hydrogen) atoms. The van der Waals surface area contributed by atoms with Crippen molar-refractivity contribution in [2.75, 3.05) is 20.8 Å². The van der Waals surface area contributed by atoms with Crippen LogP contribution in [0.5, 0.6) is 11.5 Å². The molecule has 2 amide bonds. The average molecular weight is 373 g/mol. The smallest absolute Gasteiger partial charge is 0.307 e. The molecule has 7 heteroatoms. The fourth-order valence-corrected chi connectivity index (χ4v) is 3.59. The predicted molar refractivity (Wildman–Crippen MR) is 96.0 cm³/mol. The molecule has 1 aliphatic heterocycles. The van der Waals surface area contributed by atoms with Crippen molar-refractivity contribution in [3.63, 3.8) is 0 Å². The molecule has 0 N–H and O–H groups in total. The van der Waals surface area contributed by atoms with Crippen LogP contribution in [0, 0.1) is 11.8 Å². The first-order valence-corrected chi connectivity index (χ1v) is 8.92. The van der Waals surface area contributed by atoms with E-state index in [0.717, 1.165) is 0 Å². The molecule has 2 atom stereocenters. The Bertz CT molecular complexity index is 746. The van der Waals surface area contributed by atoms with Crippen LogP contribution in [0.2, 0.25) is 0 Å². The highest BCUT2D eigenvalue weighted by atomic mass is 16.5. The minimum Gasteiger partial charge on any atom is -0.493 e. The Morgan fingerprint density at radius 2 is 1.74 bits per heavy atom. The van der Waals surface area contributed by atoms with E-state index >= 15 is 0 Å². The summed E-state index contributed by atoms with van der Waals surface area (Å²) in [5, 5.41) is 0. The molecule has 1 aliphatic carbocycles. The van der Waals surface area contributed by atoms with Crippen molar-refractivity contribution in [2.24, 2.45) is 11.8 Å². The Balaban J connectivity index is 1.54. The van der Waals surface area contributed by atoms with Crippen LogP contribution in [0.15, 0.2) is 30.4 Å². The highest BCUT2D eigenvalue weighted by Gasteiger charge is 2.46. The number of esters is 1. The second kappa shape index (κ2) is 8.24. The summed E-state index contributed by atoms with van der Waals surface area (Å²) in [7, 11) is 3.05. The van der Waals surface area contributed by atoms with Gasteiger partial charge in [0.1, 0.15) is 6.61 Å². The molecule has 144 valence electrons. The number of methoxy groups -OCH3 is 2. The first-order valence-electron chi connectivity index (χ1n) is 8.92. The SMILES string of the molecule is COc1cccc(COC(=O)CCN2C(=O)[C@@H]3CC=CC[C@H]3C2=O)c1OC. The van der Waals surface area contributed by atoms with Crippen molar-refractivity contribution in [3.05, 3.63) is 35.9 Å². The van der Waals surface area contributed by atoms with Crippen molar-refractivity contribution in [2.45, 2.75) is 25.9 Å². The van der Waals surface area contributed by atoms with Crippen LogP contribution < -0.4 is 9.47 Å². The summed E-state index contributed by atoms with van der Waals surface area (Å²) in [5.41, 5.74) is 0.676. The molecule has 1 aromatic carbocycles. The summed E-state index contributed by atoms with van der Waals surface area (Å²) in [6, 6.07) is 5.31. The zero-order valence-corrected chi connectivity index (χ0v) is 15.5. The minimum atomic E-state index is -0.478. The Morgan fingerprint density at radius 3 is 2.33 bits per heavy atom. The summed E-state index contributed by atoms with van der Waals surface area (Å²) in [5.74, 6) is -0.342. The van der Waals surface area contributed by atoms with Crippen LogP contribution in [0.1, 0.15) is 24.8 Å². The highest BCUT2D eigenvalue weighted by Crippen LogP contribution is 2.35. The van der Waals surface area contributed by atoms with Gasteiger partial charge in [0.15, 0.2) is 11.5 Å². The quantitative estimate of drug-likeness (QED) is 0.414. The lowest BCUT2D eigenvalue weighted by atomic mass is 9.85. The standard InChI is InChI=1S/C20H23NO6/c1-25-16-9-5-6-13(18(16)26-2)12-27-17(22)10-11-21-19(23)14-7-3-4-8-15(14)20(21)24/h3-6,9,14-15H,7-8,10-12H2,1-2H3/t14-,15-/m1/s1. The van der Waals surface area contributed by atoms with E-state index in [-0.39, 0.29) is 43.2 Å². The molecule has 0 bridgehead atoms. The maximum absolute atomic E-state index is 12.4. The molecule has 7 nitrogen and oxygen atoms in total. The molecule has 0 aromatic heterocycles. The van der Waals surface area contributed by atoms with Gasteiger partial charge < -0.3 is 14.2 Å². The summed E-state index contributed by atoms with van der Waals surface area (Å²) >= 11 is 0. The zero-order valence-electron chi connectivity index (χ0n) is 15.5. The molecular formula is C20H23NO6. The number of amides is 2. The number of carbonyl (C=O) groups excluding carboxylic acids is 3. The number of para-hydroxylation sites is 1. The van der Waals surface area contributed by atoms with E-state index in [1.54, 1.807) is 18.2 Å². The number of carbonyl (C=O) groups is 3. The van der Waals surface area contributed by atoms with Gasteiger partial charge in [-0.3, -0.25) is 19.3 Å². The fraction of sp³-hybridized carbons (Fsp3) is 0.450. The third kappa shape index (κ3) is 3.82. The van der Waals surface area contributed by atoms with Crippen LogP contribution in [-0.2, 0) is 25.7 Å². The van der Waals surface area contributed by atoms with Gasteiger partial charge in [-0.05, 0) is 18.9 Å². The van der Waals surface area contributed by atoms with Crippen molar-refractivity contribution in [1.82, 2.24) is 4.90 Å². The first-order chi connectivity index (χ1) is 13.1. The molecule has 1 fully saturated rings. The van der Waals surface area contributed by atoms with Gasteiger partial charge in [-0.1, -0.05) is 24.3 Å². The van der Waals surface area contributed by atoms with Crippen LogP contribution in [0.3, 0.4) is 0 Å². The van der Waals surface area contributed by atoms with E-state index in [1.165, 1.54) is 19.1 Å². The molecule has 0 unspecified atom stereocenters. The zero-order chi connectivity index (χ0) is 19.4. The van der Waals surface area contributed by atoms with Gasteiger partial charge in [0.05, 0.1) is 32.5 Å². The highest BCUT2D eigenvalue weighted by molar-refractivity contribution is 6.05. The molecule has 1 heterocycles. The van der Waals surface area contributed by atoms with E-state index in [9.17, 15) is 14.4 Å². The summed E-state index contributed by atoms with van der Waals surface area (Å²) < 4.78 is 15.8. The number of ether oxygens (including phenoxy) is 3. The summed E-state index contributed by atoms with van der Waals surface area (Å²) in [4.78, 5) is 38.1. The third-order valence-electron chi connectivity index (χ3n) is 5.01. The Hall–Kier alpha value is -2.83. The van der Waals surface area contributed by atoms with Crippen molar-refractivity contribution in [1.29, 1.82) is 0 Å². The van der Waals surface area contributed by atoms with Crippen molar-refractivity contribution in [3.8, 4) is 11.5 Å². The second-order valence-electron chi connectivity index (χ2n) is 6.55. The molecular weight excluding hydrogens is 350 g/mol. The molecule has 3 rings (SSSR count). The van der Waals surface area contributed by atoms with Gasteiger partial charge in [-0.25, -0.2) is 0 Å². The molecule has 1 saturated heterocycles. The topological polar surface area (TPSA) is 82.1 Å². The van der Waals surface area contributed by atoms with Gasteiger partial charge in [0.25, 0.3) is 0 Å². The van der Waals surface area contributed by atoms with Crippen LogP contribution in [0.25, 0.3) is 0 Å². The monoisotopic (exact) mass is 373 g/mol. The number of imide groups is 1. The molecule has 1 aromatic rings. The summed E-state index contributed by atoms with van der Waals surface area (Å²) in [6.07, 6.45) is 5.02. The molecule has 0 saturated carbocycles. The van der Waals surface area contributed by atoms with Gasteiger partial charge in [0.2, 0.25) is 11.8 Å². The molecule has 0 radical (unpaired) electrons. The van der Waals surface area contributed by atoms with Gasteiger partial charge in [-0.15, -0.1) is 0 Å². The number of likely N-dealkylation sites (tertiary alicyclic amines) is 1. The number of benzene rings is 1. The van der Waals surface area contributed by atoms with Crippen LogP contribution >= 0.6 is 0 Å². The van der Waals surface area contributed by atoms with Gasteiger partial charge in [-0.2, -0.15) is 0 Å². The van der Waals surface area contributed by atoms with Crippen LogP contribution in [0.4, 0.5) is 0 Å². The predicted octanol–water partition coefficient (Wildman–Crippen LogP) is 2.09. The number of hydrogen-bond acceptors (Lipinski definition) is 6. The van der Waals surface area contributed by atoms with Gasteiger partial charge in [0, 0.05) is 12.1 Å². The van der Waals surface area contributed by atoms with Crippen LogP contribution in [-0.4, -0.2) is 43.4 Å². The van der Waals surface area contributed by atoms with E-state index < -0.39 is 5.97 Å². The maximum atomic E-state index is 12.4. The normalized spacial score (nSPS) is 21.2. The lowest BCUT2D eigenvalue weighted by molar-refractivity contribution is -0.146. The Morgan fingerprint density at radius 1 is 1.07 bits per heavy atom. The van der Waals surface area contributed by atoms with E-state index in [0.29, 0.717) is 29.9 Å². The summed E-state index contributed by atoms with van der Waals surface area (Å²) in [6.45, 7) is 0.0784. The molecule has 0 spiro atoms. The van der Waals surface area contributed by atoms with Gasteiger partial charge >= 0.3 is 5.97 Å². The van der Waals surface area contributed by atoms with E-state index in [1.807, 2.05) is 12.2 Å². The lowest BCUT2D eigenvalue weighted by Crippen LogP contribution is -2.33.